The smallest absolute Gasteiger partial charge is 0.404 e. The zero-order valence-corrected chi connectivity index (χ0v) is 17.8. The van der Waals surface area contributed by atoms with Gasteiger partial charge < -0.3 is 25.5 Å². The SMILES string of the molecule is O=C(O)NCC1CCC(c2ccc(NC(=O)c3nnc(Nc4ccccc4F)o3)cc2)CC1. The van der Waals surface area contributed by atoms with Crippen molar-refractivity contribution in [2.75, 3.05) is 17.2 Å². The number of carbonyl (C=O) groups is 2. The third-order valence-electron chi connectivity index (χ3n) is 5.76. The number of carboxylic acid groups (broad SMARTS) is 1. The van der Waals surface area contributed by atoms with E-state index in [1.807, 2.05) is 24.3 Å². The Kier molecular flexibility index (Phi) is 6.82. The first-order chi connectivity index (χ1) is 16.0. The second-order valence-electron chi connectivity index (χ2n) is 8.00. The van der Waals surface area contributed by atoms with Crippen LogP contribution in [0.25, 0.3) is 0 Å². The lowest BCUT2D eigenvalue weighted by molar-refractivity contribution is 0.0991. The quantitative estimate of drug-likeness (QED) is 0.406. The molecule has 4 rings (SSSR count). The summed E-state index contributed by atoms with van der Waals surface area (Å²) in [6.45, 7) is 0.500. The number of hydrogen-bond donors (Lipinski definition) is 4. The van der Waals surface area contributed by atoms with E-state index in [0.717, 1.165) is 25.7 Å². The predicted molar refractivity (Wildman–Crippen MR) is 119 cm³/mol. The second kappa shape index (κ2) is 10.1. The number of hydrogen-bond acceptors (Lipinski definition) is 6. The van der Waals surface area contributed by atoms with Gasteiger partial charge in [0.25, 0.3) is 0 Å². The first kappa shape index (κ1) is 22.3. The molecule has 33 heavy (non-hydrogen) atoms. The van der Waals surface area contributed by atoms with Crippen molar-refractivity contribution in [2.45, 2.75) is 31.6 Å². The lowest BCUT2D eigenvalue weighted by Gasteiger charge is -2.28. The van der Waals surface area contributed by atoms with Gasteiger partial charge in [-0.15, -0.1) is 5.10 Å². The number of benzene rings is 2. The third-order valence-corrected chi connectivity index (χ3v) is 5.76. The van der Waals surface area contributed by atoms with Crippen molar-refractivity contribution in [3.8, 4) is 0 Å². The molecule has 0 aliphatic heterocycles. The maximum Gasteiger partial charge on any atom is 0.404 e. The number of amides is 2. The molecule has 3 aromatic rings. The molecule has 0 atom stereocenters. The van der Waals surface area contributed by atoms with Gasteiger partial charge in [-0.3, -0.25) is 4.79 Å². The van der Waals surface area contributed by atoms with Crippen LogP contribution in [-0.2, 0) is 0 Å². The summed E-state index contributed by atoms with van der Waals surface area (Å²) in [5.74, 6) is -0.497. The number of nitrogens with one attached hydrogen (secondary N) is 3. The van der Waals surface area contributed by atoms with E-state index < -0.39 is 17.8 Å². The molecule has 1 aromatic heterocycles. The average Bonchev–Trinajstić information content (AvgIpc) is 3.29. The molecular formula is C23H24FN5O4. The number of aromatic nitrogens is 2. The highest BCUT2D eigenvalue weighted by Gasteiger charge is 2.23. The van der Waals surface area contributed by atoms with Gasteiger partial charge in [-0.2, -0.15) is 0 Å². The Bertz CT molecular complexity index is 1110. The first-order valence-corrected chi connectivity index (χ1v) is 10.7. The molecule has 0 saturated heterocycles. The van der Waals surface area contributed by atoms with Gasteiger partial charge in [0, 0.05) is 12.2 Å². The average molecular weight is 453 g/mol. The summed E-state index contributed by atoms with van der Waals surface area (Å²) in [5, 5.41) is 24.0. The minimum Gasteiger partial charge on any atom is -0.465 e. The van der Waals surface area contributed by atoms with Gasteiger partial charge in [0.05, 0.1) is 5.69 Å². The summed E-state index contributed by atoms with van der Waals surface area (Å²) < 4.78 is 19.0. The van der Waals surface area contributed by atoms with Crippen molar-refractivity contribution in [3.05, 3.63) is 65.8 Å². The van der Waals surface area contributed by atoms with Gasteiger partial charge in [0.15, 0.2) is 0 Å². The summed E-state index contributed by atoms with van der Waals surface area (Å²) in [4.78, 5) is 23.1. The van der Waals surface area contributed by atoms with Crippen LogP contribution in [0.3, 0.4) is 0 Å². The number of halogens is 1. The molecule has 172 valence electrons. The predicted octanol–water partition coefficient (Wildman–Crippen LogP) is 4.75. The highest BCUT2D eigenvalue weighted by Crippen LogP contribution is 2.36. The molecule has 9 nitrogen and oxygen atoms in total. The van der Waals surface area contributed by atoms with Crippen molar-refractivity contribution in [3.63, 3.8) is 0 Å². The lowest BCUT2D eigenvalue weighted by atomic mass is 9.78. The van der Waals surface area contributed by atoms with Crippen LogP contribution >= 0.6 is 0 Å². The van der Waals surface area contributed by atoms with Crippen LogP contribution < -0.4 is 16.0 Å². The second-order valence-corrected chi connectivity index (χ2v) is 8.00. The van der Waals surface area contributed by atoms with Crippen molar-refractivity contribution in [2.24, 2.45) is 5.92 Å². The Labute approximate surface area is 189 Å². The molecule has 1 heterocycles. The molecule has 0 radical (unpaired) electrons. The highest BCUT2D eigenvalue weighted by atomic mass is 19.1. The van der Waals surface area contributed by atoms with Crippen LogP contribution in [0.1, 0.15) is 47.8 Å². The van der Waals surface area contributed by atoms with Gasteiger partial charge in [-0.05, 0) is 67.3 Å². The van der Waals surface area contributed by atoms with E-state index in [0.29, 0.717) is 24.1 Å². The van der Waals surface area contributed by atoms with Crippen molar-refractivity contribution < 1.29 is 23.5 Å². The number of nitrogens with zero attached hydrogens (tertiary/aromatic N) is 2. The van der Waals surface area contributed by atoms with Gasteiger partial charge >= 0.3 is 23.9 Å². The third kappa shape index (κ3) is 5.85. The highest BCUT2D eigenvalue weighted by molar-refractivity contribution is 6.00. The molecule has 10 heteroatoms. The van der Waals surface area contributed by atoms with Crippen LogP contribution in [0.4, 0.5) is 26.6 Å². The van der Waals surface area contributed by atoms with Gasteiger partial charge in [0.1, 0.15) is 5.82 Å². The van der Waals surface area contributed by atoms with Crippen LogP contribution in [0.2, 0.25) is 0 Å². The molecule has 1 aliphatic carbocycles. The van der Waals surface area contributed by atoms with E-state index in [1.165, 1.54) is 17.7 Å². The lowest BCUT2D eigenvalue weighted by Crippen LogP contribution is -2.29. The number of para-hydroxylation sites is 1. The van der Waals surface area contributed by atoms with Crippen molar-refractivity contribution in [1.82, 2.24) is 15.5 Å². The maximum atomic E-state index is 13.7. The van der Waals surface area contributed by atoms with Crippen LogP contribution in [0.5, 0.6) is 0 Å². The van der Waals surface area contributed by atoms with E-state index >= 15 is 0 Å². The topological polar surface area (TPSA) is 129 Å². The number of rotatable bonds is 7. The minimum absolute atomic E-state index is 0.0882. The Balaban J connectivity index is 1.29. The van der Waals surface area contributed by atoms with Gasteiger partial charge in [-0.25, -0.2) is 9.18 Å². The molecule has 4 N–H and O–H groups in total. The maximum absolute atomic E-state index is 13.7. The number of carbonyl (C=O) groups excluding carboxylic acids is 1. The summed E-state index contributed by atoms with van der Waals surface area (Å²) in [6.07, 6.45) is 2.97. The summed E-state index contributed by atoms with van der Waals surface area (Å²) in [5.41, 5.74) is 1.94. The fourth-order valence-electron chi connectivity index (χ4n) is 4.00. The zero-order valence-electron chi connectivity index (χ0n) is 17.8. The van der Waals surface area contributed by atoms with Crippen molar-refractivity contribution >= 4 is 29.4 Å². The molecule has 1 aliphatic rings. The van der Waals surface area contributed by atoms with Crippen molar-refractivity contribution in [1.29, 1.82) is 0 Å². The van der Waals surface area contributed by atoms with Gasteiger partial charge in [-0.1, -0.05) is 29.4 Å². The van der Waals surface area contributed by atoms with E-state index in [1.54, 1.807) is 12.1 Å². The fourth-order valence-corrected chi connectivity index (χ4v) is 4.00. The minimum atomic E-state index is -0.979. The van der Waals surface area contributed by atoms with Crippen LogP contribution in [-0.4, -0.2) is 33.8 Å². The Hall–Kier alpha value is -3.95. The standard InChI is InChI=1S/C23H24FN5O4/c24-18-3-1-2-4-19(18)27-22-29-28-21(33-22)20(30)26-17-11-9-16(10-12-17)15-7-5-14(6-8-15)13-25-23(31)32/h1-4,9-12,14-15,25H,5-8,13H2,(H,26,30)(H,27,29)(H,31,32). The fraction of sp³-hybridized carbons (Fsp3) is 0.304. The zero-order chi connectivity index (χ0) is 23.2. The van der Waals surface area contributed by atoms with E-state index in [-0.39, 0.29) is 17.6 Å². The van der Waals surface area contributed by atoms with Gasteiger partial charge in [0.2, 0.25) is 0 Å². The Morgan fingerprint density at radius 3 is 2.45 bits per heavy atom. The normalized spacial score (nSPS) is 17.8. The van der Waals surface area contributed by atoms with E-state index in [4.69, 9.17) is 9.52 Å². The summed E-state index contributed by atoms with van der Waals surface area (Å²) in [7, 11) is 0. The summed E-state index contributed by atoms with van der Waals surface area (Å²) in [6, 6.07) is 13.5. The molecule has 0 unspecified atom stereocenters. The molecule has 0 bridgehead atoms. The van der Waals surface area contributed by atoms with E-state index in [9.17, 15) is 14.0 Å². The Morgan fingerprint density at radius 1 is 1.03 bits per heavy atom. The molecule has 2 amide bonds. The first-order valence-electron chi connectivity index (χ1n) is 10.7. The molecule has 0 spiro atoms. The largest absolute Gasteiger partial charge is 0.465 e. The van der Waals surface area contributed by atoms with Crippen LogP contribution in [0.15, 0.2) is 52.9 Å². The van der Waals surface area contributed by atoms with E-state index in [2.05, 4.69) is 26.1 Å². The summed E-state index contributed by atoms with van der Waals surface area (Å²) >= 11 is 0. The Morgan fingerprint density at radius 2 is 1.76 bits per heavy atom. The molecular weight excluding hydrogens is 429 g/mol. The monoisotopic (exact) mass is 453 g/mol. The number of anilines is 3. The van der Waals surface area contributed by atoms with Crippen LogP contribution in [0, 0.1) is 11.7 Å². The molecule has 1 saturated carbocycles. The molecule has 2 aromatic carbocycles. The molecule has 1 fully saturated rings.